The number of nitrogens with zero attached hydrogens (tertiary/aromatic N) is 3. The molecule has 2 aromatic heterocycles. The van der Waals surface area contributed by atoms with Crippen LogP contribution in [0.3, 0.4) is 0 Å². The van der Waals surface area contributed by atoms with E-state index in [4.69, 9.17) is 33.9 Å². The number of anilines is 1. The van der Waals surface area contributed by atoms with Crippen LogP contribution in [0.1, 0.15) is 87.0 Å². The van der Waals surface area contributed by atoms with E-state index in [2.05, 4.69) is 20.3 Å². The van der Waals surface area contributed by atoms with Crippen molar-refractivity contribution >= 4 is 42.9 Å². The van der Waals surface area contributed by atoms with Crippen LogP contribution in [-0.4, -0.2) is 86.2 Å². The van der Waals surface area contributed by atoms with E-state index in [0.717, 1.165) is 0 Å². The van der Waals surface area contributed by atoms with Gasteiger partial charge in [-0.25, -0.2) is 19.7 Å². The first-order chi connectivity index (χ1) is 22.4. The van der Waals surface area contributed by atoms with Gasteiger partial charge in [0.05, 0.1) is 17.9 Å². The van der Waals surface area contributed by atoms with Crippen LogP contribution in [0.25, 0.3) is 5.52 Å². The van der Waals surface area contributed by atoms with Crippen molar-refractivity contribution in [1.82, 2.24) is 24.8 Å². The molecule has 4 N–H and O–H groups in total. The van der Waals surface area contributed by atoms with E-state index in [1.807, 2.05) is 0 Å². The summed E-state index contributed by atoms with van der Waals surface area (Å²) in [4.78, 5) is 55.4. The Bertz CT molecular complexity index is 1570. The molecule has 0 bridgehead atoms. The van der Waals surface area contributed by atoms with Gasteiger partial charge in [-0.3, -0.25) is 28.3 Å². The molecule has 48 heavy (non-hydrogen) atoms. The van der Waals surface area contributed by atoms with Gasteiger partial charge in [0.2, 0.25) is 5.60 Å². The Morgan fingerprint density at radius 2 is 1.54 bits per heavy atom. The van der Waals surface area contributed by atoms with Crippen molar-refractivity contribution in [3.05, 3.63) is 24.2 Å². The van der Waals surface area contributed by atoms with Crippen molar-refractivity contribution in [2.75, 3.05) is 5.73 Å². The van der Waals surface area contributed by atoms with Crippen molar-refractivity contribution in [2.45, 2.75) is 129 Å². The van der Waals surface area contributed by atoms with Gasteiger partial charge >= 0.3 is 31.5 Å². The lowest BCUT2D eigenvalue weighted by Crippen LogP contribution is -2.46. The third-order valence-electron chi connectivity index (χ3n) is 7.96. The van der Waals surface area contributed by atoms with Gasteiger partial charge in [-0.15, -0.1) is 0 Å². The van der Waals surface area contributed by atoms with Crippen LogP contribution >= 0.6 is 7.67 Å². The zero-order chi connectivity index (χ0) is 35.8. The number of nitrogens with one attached hydrogen (secondary N) is 2. The SMILES string of the molecule is CCC(=O)O[C@H]1[C@H](c2ccc3c(N)ncnn23)O[C@]2(C)C(OP(=O)(N[C@@H](C)C(=O)OC(C)C)N[C@@H](C)C(=O)OC(C)C)[C@]12OC(=O)CC. The molecule has 0 amide bonds. The number of ether oxygens (including phenoxy) is 5. The molecule has 1 saturated carbocycles. The Morgan fingerprint density at radius 1 is 0.979 bits per heavy atom. The maximum Gasteiger partial charge on any atom is 0.342 e. The number of aromatic nitrogens is 3. The van der Waals surface area contributed by atoms with Crippen LogP contribution in [0.4, 0.5) is 5.82 Å². The average Bonchev–Trinajstić information content (AvgIpc) is 3.27. The van der Waals surface area contributed by atoms with Crippen LogP contribution in [0, 0.1) is 0 Å². The van der Waals surface area contributed by atoms with Gasteiger partial charge in [-0.1, -0.05) is 13.8 Å². The smallest absolute Gasteiger partial charge is 0.342 e. The first kappa shape index (κ1) is 37.2. The Labute approximate surface area is 278 Å². The maximum absolute atomic E-state index is 14.6. The fourth-order valence-corrected chi connectivity index (χ4v) is 7.73. The molecule has 4 rings (SSSR count). The van der Waals surface area contributed by atoms with Crippen LogP contribution < -0.4 is 15.9 Å². The molecule has 7 atom stereocenters. The minimum absolute atomic E-state index is 0.0279. The van der Waals surface area contributed by atoms with E-state index in [9.17, 15) is 23.7 Å². The van der Waals surface area contributed by atoms with Gasteiger partial charge in [-0.05, 0) is 60.6 Å². The zero-order valence-electron chi connectivity index (χ0n) is 28.5. The molecule has 266 valence electrons. The summed E-state index contributed by atoms with van der Waals surface area (Å²) in [6.07, 6.45) is -3.52. The van der Waals surface area contributed by atoms with E-state index in [0.29, 0.717) is 11.2 Å². The van der Waals surface area contributed by atoms with Crippen LogP contribution in [0.2, 0.25) is 0 Å². The van der Waals surface area contributed by atoms with Gasteiger partial charge in [0.15, 0.2) is 11.9 Å². The summed E-state index contributed by atoms with van der Waals surface area (Å²) in [5, 5.41) is 9.55. The molecule has 2 aromatic rings. The largest absolute Gasteiger partial charge is 0.462 e. The van der Waals surface area contributed by atoms with E-state index in [-0.39, 0.29) is 18.7 Å². The number of esters is 4. The lowest BCUT2D eigenvalue weighted by molar-refractivity contribution is -0.177. The van der Waals surface area contributed by atoms with Gasteiger partial charge in [-0.2, -0.15) is 5.10 Å². The molecule has 1 saturated heterocycles. The highest BCUT2D eigenvalue weighted by molar-refractivity contribution is 7.54. The molecule has 2 aliphatic rings. The topological polar surface area (TPSA) is 221 Å². The lowest BCUT2D eigenvalue weighted by Gasteiger charge is -2.31. The standard InChI is InChI=1S/C30H45N6O11P/c1-10-21(37)44-24-23(19-12-13-20-25(31)32-14-33-36(19)20)46-29(9)28(30(24,29)45-22(38)11-2)47-48(41,34-17(7)26(39)42-15(3)4)35-18(8)27(40)43-16(5)6/h12-18,23-24,28H,10-11H2,1-9H3,(H2,31,32,33)(H2,34,35,41)/t17-,18-,23-,24-,28?,29+,30+/m0/s1. The highest BCUT2D eigenvalue weighted by atomic mass is 31.2. The summed E-state index contributed by atoms with van der Waals surface area (Å²) in [5.41, 5.74) is 3.51. The van der Waals surface area contributed by atoms with Crippen LogP contribution in [0.5, 0.6) is 0 Å². The number of rotatable bonds is 15. The first-order valence-corrected chi connectivity index (χ1v) is 17.5. The minimum atomic E-state index is -4.46. The molecule has 18 heteroatoms. The number of nitrogens with two attached hydrogens (primary N) is 1. The van der Waals surface area contributed by atoms with Crippen LogP contribution in [-0.2, 0) is 52.0 Å². The molecule has 0 radical (unpaired) electrons. The molecule has 17 nitrogen and oxygen atoms in total. The lowest BCUT2D eigenvalue weighted by atomic mass is 10.0. The van der Waals surface area contributed by atoms with Gasteiger partial charge in [0.25, 0.3) is 0 Å². The van der Waals surface area contributed by atoms with Gasteiger partial charge in [0, 0.05) is 12.8 Å². The van der Waals surface area contributed by atoms with Gasteiger partial charge in [0.1, 0.15) is 41.7 Å². The van der Waals surface area contributed by atoms with Crippen molar-refractivity contribution < 1.29 is 52.0 Å². The number of carbonyl (C=O) groups is 4. The van der Waals surface area contributed by atoms with Crippen molar-refractivity contribution in [2.24, 2.45) is 0 Å². The first-order valence-electron chi connectivity index (χ1n) is 15.8. The second-order valence-electron chi connectivity index (χ2n) is 12.4. The summed E-state index contributed by atoms with van der Waals surface area (Å²) in [6.45, 7) is 14.2. The highest BCUT2D eigenvalue weighted by Gasteiger charge is 2.91. The summed E-state index contributed by atoms with van der Waals surface area (Å²) in [6, 6.07) is 0.933. The molecular weight excluding hydrogens is 651 g/mol. The fraction of sp³-hybridized carbons (Fsp3) is 0.667. The van der Waals surface area contributed by atoms with E-state index in [1.54, 1.807) is 60.6 Å². The predicted octanol–water partition coefficient (Wildman–Crippen LogP) is 2.52. The predicted molar refractivity (Wildman–Crippen MR) is 169 cm³/mol. The number of carbonyl (C=O) groups excluding carboxylic acids is 4. The summed E-state index contributed by atoms with van der Waals surface area (Å²) in [5.74, 6) is -2.61. The Morgan fingerprint density at radius 3 is 2.06 bits per heavy atom. The van der Waals surface area contributed by atoms with E-state index < -0.39 is 85.4 Å². The normalized spacial score (nSPS) is 26.2. The second kappa shape index (κ2) is 14.1. The molecule has 1 unspecified atom stereocenters. The molecule has 3 heterocycles. The maximum atomic E-state index is 14.6. The Hall–Kier alpha value is -3.63. The molecule has 1 aliphatic heterocycles. The third kappa shape index (κ3) is 7.06. The fourth-order valence-electron chi connectivity index (χ4n) is 5.65. The van der Waals surface area contributed by atoms with E-state index in [1.165, 1.54) is 24.7 Å². The summed E-state index contributed by atoms with van der Waals surface area (Å²) < 4.78 is 51.3. The number of nitrogen functional groups attached to an aromatic ring is 1. The van der Waals surface area contributed by atoms with Crippen molar-refractivity contribution in [3.8, 4) is 0 Å². The highest BCUT2D eigenvalue weighted by Crippen LogP contribution is 2.70. The van der Waals surface area contributed by atoms with Gasteiger partial charge < -0.3 is 29.4 Å². The molecular formula is C30H45N6O11P. The molecule has 0 aromatic carbocycles. The number of hydrogen-bond donors (Lipinski definition) is 3. The quantitative estimate of drug-likeness (QED) is 0.138. The molecule has 1 aliphatic carbocycles. The third-order valence-corrected chi connectivity index (χ3v) is 9.93. The minimum Gasteiger partial charge on any atom is -0.462 e. The summed E-state index contributed by atoms with van der Waals surface area (Å²) in [7, 11) is -4.46. The van der Waals surface area contributed by atoms with Crippen molar-refractivity contribution in [1.29, 1.82) is 0 Å². The van der Waals surface area contributed by atoms with Crippen LogP contribution in [0.15, 0.2) is 18.5 Å². The monoisotopic (exact) mass is 696 g/mol. The second-order valence-corrected chi connectivity index (χ2v) is 14.3. The van der Waals surface area contributed by atoms with E-state index >= 15 is 0 Å². The Kier molecular flexibility index (Phi) is 10.9. The zero-order valence-corrected chi connectivity index (χ0v) is 29.4. The summed E-state index contributed by atoms with van der Waals surface area (Å²) >= 11 is 0. The Balaban J connectivity index is 1.78. The molecule has 0 spiro atoms. The number of fused-ring (bicyclic) bond motifs is 2. The molecule has 2 fully saturated rings. The van der Waals surface area contributed by atoms with Crippen molar-refractivity contribution in [3.63, 3.8) is 0 Å². The average molecular weight is 697 g/mol. The number of hydrogen-bond acceptors (Lipinski definition) is 14.